The molecule has 0 unspecified atom stereocenters. The van der Waals surface area contributed by atoms with Crippen LogP contribution < -0.4 is 5.73 Å². The van der Waals surface area contributed by atoms with E-state index in [4.69, 9.17) is 10.8 Å². The van der Waals surface area contributed by atoms with Gasteiger partial charge in [0.2, 0.25) is 5.91 Å². The number of rotatable bonds is 7. The number of carbonyl (C=O) groups excluding carboxylic acids is 1. The van der Waals surface area contributed by atoms with Gasteiger partial charge in [0.15, 0.2) is 0 Å². The maximum absolute atomic E-state index is 11.6. The Balaban J connectivity index is 4.52. The molecule has 0 aliphatic heterocycles. The molecule has 1 amide bonds. The molecule has 94 valence electrons. The Morgan fingerprint density at radius 1 is 1.25 bits per heavy atom. The van der Waals surface area contributed by atoms with Gasteiger partial charge < -0.3 is 10.8 Å². The van der Waals surface area contributed by atoms with E-state index in [1.165, 1.54) is 14.1 Å². The van der Waals surface area contributed by atoms with Crippen molar-refractivity contribution < 1.29 is 23.1 Å². The SMILES string of the molecule is CN(CCC(=O)O)S(=O)(=O)N(C)CC(N)=O. The first kappa shape index (κ1) is 14.8. The number of amides is 1. The van der Waals surface area contributed by atoms with Crippen LogP contribution in [-0.4, -0.2) is 61.2 Å². The van der Waals surface area contributed by atoms with Crippen molar-refractivity contribution in [3.05, 3.63) is 0 Å². The van der Waals surface area contributed by atoms with E-state index in [1.807, 2.05) is 0 Å². The maximum atomic E-state index is 11.6. The third-order valence-electron chi connectivity index (χ3n) is 1.81. The molecule has 0 bridgehead atoms. The molecule has 0 heterocycles. The molecule has 0 atom stereocenters. The Kier molecular flexibility index (Phi) is 5.35. The minimum atomic E-state index is -3.83. The van der Waals surface area contributed by atoms with E-state index >= 15 is 0 Å². The highest BCUT2D eigenvalue weighted by Crippen LogP contribution is 2.03. The zero-order chi connectivity index (χ0) is 12.9. The summed E-state index contributed by atoms with van der Waals surface area (Å²) in [6.45, 7) is -0.611. The maximum Gasteiger partial charge on any atom is 0.304 e. The lowest BCUT2D eigenvalue weighted by molar-refractivity contribution is -0.137. The molecular weight excluding hydrogens is 238 g/mol. The number of carboxylic acids is 1. The Hall–Kier alpha value is -1.19. The summed E-state index contributed by atoms with van der Waals surface area (Å²) in [5.41, 5.74) is 4.85. The lowest BCUT2D eigenvalue weighted by Crippen LogP contribution is -2.43. The van der Waals surface area contributed by atoms with E-state index < -0.39 is 28.6 Å². The summed E-state index contributed by atoms with van der Waals surface area (Å²) in [4.78, 5) is 20.8. The summed E-state index contributed by atoms with van der Waals surface area (Å²) >= 11 is 0. The van der Waals surface area contributed by atoms with Gasteiger partial charge in [-0.1, -0.05) is 0 Å². The number of likely N-dealkylation sites (N-methyl/N-ethyl adjacent to an activating group) is 1. The second-order valence-corrected chi connectivity index (χ2v) is 5.34. The molecular formula is C7H15N3O5S. The molecule has 0 aromatic rings. The standard InChI is InChI=1S/C7H15N3O5S/c1-9(4-3-7(12)13)16(14,15)10(2)5-6(8)11/h3-5H2,1-2H3,(H2,8,11)(H,12,13). The van der Waals surface area contributed by atoms with Crippen LogP contribution in [0, 0.1) is 0 Å². The number of carboxylic acid groups (broad SMARTS) is 1. The molecule has 9 heteroatoms. The number of hydrogen-bond acceptors (Lipinski definition) is 4. The van der Waals surface area contributed by atoms with Crippen molar-refractivity contribution in [2.45, 2.75) is 6.42 Å². The third-order valence-corrected chi connectivity index (χ3v) is 3.69. The Bertz CT molecular complexity index is 366. The van der Waals surface area contributed by atoms with Crippen molar-refractivity contribution >= 4 is 22.1 Å². The molecule has 0 aliphatic rings. The smallest absolute Gasteiger partial charge is 0.304 e. The summed E-state index contributed by atoms with van der Waals surface area (Å²) in [6.07, 6.45) is -0.305. The third kappa shape index (κ3) is 4.55. The minimum absolute atomic E-state index is 0.166. The number of hydrogen-bond donors (Lipinski definition) is 2. The van der Waals surface area contributed by atoms with Gasteiger partial charge in [0.1, 0.15) is 0 Å². The van der Waals surface area contributed by atoms with Crippen LogP contribution in [-0.2, 0) is 19.8 Å². The van der Waals surface area contributed by atoms with Crippen LogP contribution in [0.5, 0.6) is 0 Å². The Morgan fingerprint density at radius 2 is 1.75 bits per heavy atom. The van der Waals surface area contributed by atoms with Crippen LogP contribution >= 0.6 is 0 Å². The molecule has 0 saturated carbocycles. The van der Waals surface area contributed by atoms with E-state index in [1.54, 1.807) is 0 Å². The number of primary amides is 1. The minimum Gasteiger partial charge on any atom is -0.481 e. The first-order chi connectivity index (χ1) is 7.17. The van der Waals surface area contributed by atoms with Crippen molar-refractivity contribution in [2.24, 2.45) is 5.73 Å². The molecule has 0 aromatic heterocycles. The molecule has 0 spiro atoms. The zero-order valence-electron chi connectivity index (χ0n) is 9.08. The first-order valence-electron chi connectivity index (χ1n) is 4.35. The van der Waals surface area contributed by atoms with Gasteiger partial charge in [-0.25, -0.2) is 0 Å². The fraction of sp³-hybridized carbons (Fsp3) is 0.714. The average molecular weight is 253 g/mol. The highest BCUT2D eigenvalue weighted by Gasteiger charge is 2.24. The summed E-state index contributed by atoms with van der Waals surface area (Å²) in [5, 5.41) is 8.40. The number of nitrogens with zero attached hydrogens (tertiary/aromatic N) is 2. The summed E-state index contributed by atoms with van der Waals surface area (Å²) in [7, 11) is -1.40. The highest BCUT2D eigenvalue weighted by atomic mass is 32.2. The largest absolute Gasteiger partial charge is 0.481 e. The quantitative estimate of drug-likeness (QED) is 0.546. The van der Waals surface area contributed by atoms with Gasteiger partial charge in [0.25, 0.3) is 10.2 Å². The van der Waals surface area contributed by atoms with E-state index in [2.05, 4.69) is 0 Å². The summed E-state index contributed by atoms with van der Waals surface area (Å²) < 4.78 is 24.9. The second-order valence-electron chi connectivity index (χ2n) is 3.20. The molecule has 0 saturated heterocycles. The first-order valence-corrected chi connectivity index (χ1v) is 5.75. The van der Waals surface area contributed by atoms with Gasteiger partial charge in [-0.2, -0.15) is 17.0 Å². The monoisotopic (exact) mass is 253 g/mol. The van der Waals surface area contributed by atoms with Gasteiger partial charge in [-0.3, -0.25) is 9.59 Å². The molecule has 0 fully saturated rings. The molecule has 0 aliphatic carbocycles. The molecule has 0 rings (SSSR count). The molecule has 8 nitrogen and oxygen atoms in total. The van der Waals surface area contributed by atoms with Crippen molar-refractivity contribution in [3.63, 3.8) is 0 Å². The molecule has 0 aromatic carbocycles. The van der Waals surface area contributed by atoms with Crippen LogP contribution in [0.25, 0.3) is 0 Å². The van der Waals surface area contributed by atoms with Gasteiger partial charge >= 0.3 is 5.97 Å². The fourth-order valence-electron chi connectivity index (χ4n) is 0.907. The molecule has 0 radical (unpaired) electrons. The van der Waals surface area contributed by atoms with Crippen LogP contribution in [0.4, 0.5) is 0 Å². The predicted octanol–water partition coefficient (Wildman–Crippen LogP) is -1.95. The lowest BCUT2D eigenvalue weighted by atomic mass is 10.4. The number of aliphatic carboxylic acids is 1. The van der Waals surface area contributed by atoms with Crippen LogP contribution in [0.3, 0.4) is 0 Å². The Labute approximate surface area is 93.8 Å². The lowest BCUT2D eigenvalue weighted by Gasteiger charge is -2.22. The zero-order valence-corrected chi connectivity index (χ0v) is 9.90. The van der Waals surface area contributed by atoms with Crippen LogP contribution in [0.2, 0.25) is 0 Å². The van der Waals surface area contributed by atoms with E-state index in [-0.39, 0.29) is 13.0 Å². The van der Waals surface area contributed by atoms with Crippen molar-refractivity contribution in [2.75, 3.05) is 27.2 Å². The second kappa shape index (κ2) is 5.77. The Morgan fingerprint density at radius 3 is 2.12 bits per heavy atom. The van der Waals surface area contributed by atoms with Crippen molar-refractivity contribution in [1.29, 1.82) is 0 Å². The highest BCUT2D eigenvalue weighted by molar-refractivity contribution is 7.86. The van der Waals surface area contributed by atoms with Crippen LogP contribution in [0.15, 0.2) is 0 Å². The van der Waals surface area contributed by atoms with Crippen molar-refractivity contribution in [3.8, 4) is 0 Å². The normalized spacial score (nSPS) is 12.0. The molecule has 16 heavy (non-hydrogen) atoms. The van der Waals surface area contributed by atoms with Crippen molar-refractivity contribution in [1.82, 2.24) is 8.61 Å². The average Bonchev–Trinajstić information content (AvgIpc) is 2.12. The number of nitrogens with two attached hydrogens (primary N) is 1. The van der Waals surface area contributed by atoms with Gasteiger partial charge in [-0.05, 0) is 0 Å². The van der Waals surface area contributed by atoms with Gasteiger partial charge in [-0.15, -0.1) is 0 Å². The van der Waals surface area contributed by atoms with Gasteiger partial charge in [0, 0.05) is 20.6 Å². The van der Waals surface area contributed by atoms with E-state index in [0.717, 1.165) is 8.61 Å². The number of carbonyl (C=O) groups is 2. The van der Waals surface area contributed by atoms with E-state index in [9.17, 15) is 18.0 Å². The van der Waals surface area contributed by atoms with Crippen LogP contribution in [0.1, 0.15) is 6.42 Å². The summed E-state index contributed by atoms with van der Waals surface area (Å²) in [6, 6.07) is 0. The van der Waals surface area contributed by atoms with E-state index in [0.29, 0.717) is 0 Å². The topological polar surface area (TPSA) is 121 Å². The summed E-state index contributed by atoms with van der Waals surface area (Å²) in [5.74, 6) is -1.88. The fourth-order valence-corrected chi connectivity index (χ4v) is 2.00. The van der Waals surface area contributed by atoms with Gasteiger partial charge in [0.05, 0.1) is 13.0 Å². The predicted molar refractivity (Wildman–Crippen MR) is 55.6 cm³/mol. The molecule has 3 N–H and O–H groups in total.